The fourth-order valence-corrected chi connectivity index (χ4v) is 1.68. The van der Waals surface area contributed by atoms with Gasteiger partial charge in [0, 0.05) is 24.5 Å². The summed E-state index contributed by atoms with van der Waals surface area (Å²) < 4.78 is 1.69. The topological polar surface area (TPSA) is 53.6 Å². The summed E-state index contributed by atoms with van der Waals surface area (Å²) in [6.07, 6.45) is 3.55. The maximum Gasteiger partial charge on any atom is 0.143 e. The van der Waals surface area contributed by atoms with Gasteiger partial charge in [-0.3, -0.25) is 4.68 Å². The zero-order chi connectivity index (χ0) is 12.3. The van der Waals surface area contributed by atoms with Crippen molar-refractivity contribution >= 4 is 5.69 Å². The summed E-state index contributed by atoms with van der Waals surface area (Å²) in [6, 6.07) is 9.82. The zero-order valence-corrected chi connectivity index (χ0v) is 9.88. The van der Waals surface area contributed by atoms with E-state index in [1.807, 2.05) is 44.4 Å². The Bertz CT molecular complexity index is 551. The Kier molecular flexibility index (Phi) is 3.10. The van der Waals surface area contributed by atoms with Crippen molar-refractivity contribution in [3.63, 3.8) is 0 Å². The molecule has 0 bridgehead atoms. The lowest BCUT2D eigenvalue weighted by molar-refractivity contribution is 0.766. The van der Waals surface area contributed by atoms with Crippen LogP contribution >= 0.6 is 0 Å². The molecule has 0 aliphatic carbocycles. The van der Waals surface area contributed by atoms with E-state index in [-0.39, 0.29) is 6.04 Å². The van der Waals surface area contributed by atoms with Gasteiger partial charge in [-0.1, -0.05) is 12.1 Å². The quantitative estimate of drug-likeness (QED) is 0.874. The van der Waals surface area contributed by atoms with Crippen LogP contribution < -0.4 is 5.32 Å². The first kappa shape index (κ1) is 11.2. The molecule has 4 heteroatoms. The summed E-state index contributed by atoms with van der Waals surface area (Å²) in [5.74, 6) is 0. The highest BCUT2D eigenvalue weighted by molar-refractivity contribution is 5.48. The number of rotatable bonds is 3. The van der Waals surface area contributed by atoms with Gasteiger partial charge in [-0.05, 0) is 24.6 Å². The van der Waals surface area contributed by atoms with Gasteiger partial charge in [0.2, 0.25) is 0 Å². The molecule has 0 aliphatic rings. The van der Waals surface area contributed by atoms with Crippen molar-refractivity contribution in [2.24, 2.45) is 7.05 Å². The molecule has 1 heterocycles. The van der Waals surface area contributed by atoms with Gasteiger partial charge in [0.05, 0.1) is 12.3 Å². The standard InChI is InChI=1S/C13H14N4/c1-10-4-3-5-12(6-10)16-13(7-14)11-8-15-17(2)9-11/h3-6,8-9,13,16H,1-2H3. The van der Waals surface area contributed by atoms with Crippen molar-refractivity contribution in [3.8, 4) is 6.07 Å². The van der Waals surface area contributed by atoms with Crippen molar-refractivity contribution < 1.29 is 0 Å². The van der Waals surface area contributed by atoms with Crippen molar-refractivity contribution in [2.75, 3.05) is 5.32 Å². The van der Waals surface area contributed by atoms with Crippen LogP contribution in [0.2, 0.25) is 0 Å². The number of nitrogens with one attached hydrogen (secondary N) is 1. The lowest BCUT2D eigenvalue weighted by atomic mass is 10.1. The summed E-state index contributed by atoms with van der Waals surface area (Å²) in [5, 5.41) is 16.4. The highest BCUT2D eigenvalue weighted by Gasteiger charge is 2.11. The Morgan fingerprint density at radius 1 is 1.47 bits per heavy atom. The summed E-state index contributed by atoms with van der Waals surface area (Å²) in [5.41, 5.74) is 2.98. The smallest absolute Gasteiger partial charge is 0.143 e. The molecule has 0 amide bonds. The molecule has 0 spiro atoms. The van der Waals surface area contributed by atoms with Crippen LogP contribution in [0.1, 0.15) is 17.2 Å². The van der Waals surface area contributed by atoms with E-state index in [0.717, 1.165) is 16.8 Å². The molecule has 0 saturated carbocycles. The van der Waals surface area contributed by atoms with Gasteiger partial charge in [0.15, 0.2) is 0 Å². The number of aryl methyl sites for hydroxylation is 2. The number of hydrogen-bond acceptors (Lipinski definition) is 3. The van der Waals surface area contributed by atoms with Crippen LogP contribution in [-0.2, 0) is 7.05 Å². The van der Waals surface area contributed by atoms with E-state index in [0.29, 0.717) is 0 Å². The van der Waals surface area contributed by atoms with E-state index in [1.54, 1.807) is 10.9 Å². The second-order valence-corrected chi connectivity index (χ2v) is 4.02. The third-order valence-electron chi connectivity index (χ3n) is 2.52. The minimum absolute atomic E-state index is 0.370. The summed E-state index contributed by atoms with van der Waals surface area (Å²) in [6.45, 7) is 2.02. The Labute approximate surface area is 100 Å². The predicted octanol–water partition coefficient (Wildman–Crippen LogP) is 2.41. The Hall–Kier alpha value is -2.28. The largest absolute Gasteiger partial charge is 0.366 e. The maximum absolute atomic E-state index is 9.17. The van der Waals surface area contributed by atoms with E-state index in [4.69, 9.17) is 5.26 Å². The van der Waals surface area contributed by atoms with Crippen molar-refractivity contribution in [1.82, 2.24) is 9.78 Å². The predicted molar refractivity (Wildman–Crippen MR) is 66.4 cm³/mol. The third-order valence-corrected chi connectivity index (χ3v) is 2.52. The molecule has 1 aromatic heterocycles. The molecule has 2 rings (SSSR count). The van der Waals surface area contributed by atoms with Gasteiger partial charge in [0.1, 0.15) is 6.04 Å². The third kappa shape index (κ3) is 2.64. The van der Waals surface area contributed by atoms with Gasteiger partial charge in [-0.2, -0.15) is 10.4 Å². The molecule has 1 aromatic carbocycles. The van der Waals surface area contributed by atoms with Crippen molar-refractivity contribution in [1.29, 1.82) is 5.26 Å². The number of nitrogens with zero attached hydrogens (tertiary/aromatic N) is 3. The molecule has 1 unspecified atom stereocenters. The maximum atomic E-state index is 9.17. The van der Waals surface area contributed by atoms with Crippen LogP contribution in [0.3, 0.4) is 0 Å². The minimum atomic E-state index is -0.370. The molecular weight excluding hydrogens is 212 g/mol. The van der Waals surface area contributed by atoms with Crippen LogP contribution in [0.25, 0.3) is 0 Å². The molecule has 2 aromatic rings. The lowest BCUT2D eigenvalue weighted by Crippen LogP contribution is -2.07. The van der Waals surface area contributed by atoms with E-state index in [2.05, 4.69) is 16.5 Å². The van der Waals surface area contributed by atoms with Gasteiger partial charge >= 0.3 is 0 Å². The first-order valence-corrected chi connectivity index (χ1v) is 5.40. The van der Waals surface area contributed by atoms with Crippen LogP contribution in [0.5, 0.6) is 0 Å². The molecule has 0 aliphatic heterocycles. The second-order valence-electron chi connectivity index (χ2n) is 4.02. The normalized spacial score (nSPS) is 11.8. The van der Waals surface area contributed by atoms with Gasteiger partial charge < -0.3 is 5.32 Å². The van der Waals surface area contributed by atoms with Gasteiger partial charge in [-0.15, -0.1) is 0 Å². The highest BCUT2D eigenvalue weighted by Crippen LogP contribution is 2.19. The van der Waals surface area contributed by atoms with E-state index >= 15 is 0 Å². The molecule has 17 heavy (non-hydrogen) atoms. The van der Waals surface area contributed by atoms with Crippen LogP contribution in [0.4, 0.5) is 5.69 Å². The average molecular weight is 226 g/mol. The summed E-state index contributed by atoms with van der Waals surface area (Å²) >= 11 is 0. The molecule has 0 saturated heterocycles. The fourth-order valence-electron chi connectivity index (χ4n) is 1.68. The SMILES string of the molecule is Cc1cccc(NC(C#N)c2cnn(C)c2)c1. The van der Waals surface area contributed by atoms with Crippen LogP contribution in [0, 0.1) is 18.3 Å². The van der Waals surface area contributed by atoms with Crippen molar-refractivity contribution in [2.45, 2.75) is 13.0 Å². The van der Waals surface area contributed by atoms with E-state index in [1.165, 1.54) is 0 Å². The molecule has 1 N–H and O–H groups in total. The first-order chi connectivity index (χ1) is 8.19. The monoisotopic (exact) mass is 226 g/mol. The lowest BCUT2D eigenvalue weighted by Gasteiger charge is -2.11. The first-order valence-electron chi connectivity index (χ1n) is 5.40. The minimum Gasteiger partial charge on any atom is -0.366 e. The van der Waals surface area contributed by atoms with Gasteiger partial charge in [-0.25, -0.2) is 0 Å². The summed E-state index contributed by atoms with van der Waals surface area (Å²) in [4.78, 5) is 0. The molecule has 0 radical (unpaired) electrons. The molecular formula is C13H14N4. The van der Waals surface area contributed by atoms with Gasteiger partial charge in [0.25, 0.3) is 0 Å². The number of aromatic nitrogens is 2. The number of hydrogen-bond donors (Lipinski definition) is 1. The molecule has 1 atom stereocenters. The zero-order valence-electron chi connectivity index (χ0n) is 9.88. The molecule has 86 valence electrons. The highest BCUT2D eigenvalue weighted by atomic mass is 15.2. The van der Waals surface area contributed by atoms with Crippen LogP contribution in [0.15, 0.2) is 36.7 Å². The average Bonchev–Trinajstić information content (AvgIpc) is 2.73. The second kappa shape index (κ2) is 4.71. The fraction of sp³-hybridized carbons (Fsp3) is 0.231. The Morgan fingerprint density at radius 3 is 2.88 bits per heavy atom. The van der Waals surface area contributed by atoms with E-state index < -0.39 is 0 Å². The Balaban J connectivity index is 2.19. The summed E-state index contributed by atoms with van der Waals surface area (Å²) in [7, 11) is 1.84. The van der Waals surface area contributed by atoms with Crippen molar-refractivity contribution in [3.05, 3.63) is 47.8 Å². The number of anilines is 1. The van der Waals surface area contributed by atoms with E-state index in [9.17, 15) is 0 Å². The molecule has 4 nitrogen and oxygen atoms in total. The Morgan fingerprint density at radius 2 is 2.29 bits per heavy atom. The van der Waals surface area contributed by atoms with Crippen LogP contribution in [-0.4, -0.2) is 9.78 Å². The molecule has 0 fully saturated rings. The number of nitriles is 1. The number of benzene rings is 1.